The highest BCUT2D eigenvalue weighted by Gasteiger charge is 2.33. The molecule has 120 valence electrons. The van der Waals surface area contributed by atoms with Crippen LogP contribution in [0.1, 0.15) is 30.6 Å². The van der Waals surface area contributed by atoms with Crippen molar-refractivity contribution in [2.75, 3.05) is 20.8 Å². The lowest BCUT2D eigenvalue weighted by molar-refractivity contribution is -0.154. The van der Waals surface area contributed by atoms with Crippen molar-refractivity contribution in [3.05, 3.63) is 23.8 Å². The molecular formula is C16H20O6. The number of hydrogen-bond donors (Lipinski definition) is 0. The van der Waals surface area contributed by atoms with Gasteiger partial charge in [0.15, 0.2) is 5.78 Å². The lowest BCUT2D eigenvalue weighted by Crippen LogP contribution is -2.31. The maximum absolute atomic E-state index is 12.6. The summed E-state index contributed by atoms with van der Waals surface area (Å²) in [5.74, 6) is -2.65. The fourth-order valence-corrected chi connectivity index (χ4v) is 2.03. The van der Waals surface area contributed by atoms with E-state index >= 15 is 0 Å². The van der Waals surface area contributed by atoms with Crippen molar-refractivity contribution >= 4 is 17.5 Å². The van der Waals surface area contributed by atoms with Crippen LogP contribution in [0.4, 0.5) is 0 Å². The van der Waals surface area contributed by atoms with E-state index in [9.17, 15) is 14.4 Å². The molecule has 22 heavy (non-hydrogen) atoms. The molecule has 0 saturated heterocycles. The van der Waals surface area contributed by atoms with Crippen LogP contribution in [0.25, 0.3) is 0 Å². The quantitative estimate of drug-likeness (QED) is 0.316. The summed E-state index contributed by atoms with van der Waals surface area (Å²) < 4.78 is 14.9. The fourth-order valence-electron chi connectivity index (χ4n) is 2.03. The van der Waals surface area contributed by atoms with Crippen LogP contribution in [-0.2, 0) is 14.3 Å². The second kappa shape index (κ2) is 8.17. The van der Waals surface area contributed by atoms with E-state index in [0.717, 1.165) is 0 Å². The molecule has 6 heteroatoms. The molecule has 0 saturated carbocycles. The molecule has 0 spiro atoms. The number of hydrogen-bond acceptors (Lipinski definition) is 6. The summed E-state index contributed by atoms with van der Waals surface area (Å²) in [6, 6.07) is 4.71. The Morgan fingerprint density at radius 2 is 1.77 bits per heavy atom. The fraction of sp³-hybridized carbons (Fsp3) is 0.438. The molecule has 1 rings (SSSR count). The minimum Gasteiger partial charge on any atom is -0.497 e. The summed E-state index contributed by atoms with van der Waals surface area (Å²) in [5, 5.41) is 0. The molecule has 1 atom stereocenters. The summed E-state index contributed by atoms with van der Waals surface area (Å²) >= 11 is 0. The molecular weight excluding hydrogens is 288 g/mol. The largest absolute Gasteiger partial charge is 0.497 e. The first-order valence-electron chi connectivity index (χ1n) is 6.97. The smallest absolute Gasteiger partial charge is 0.375 e. The Balaban J connectivity index is 3.16. The second-order valence-corrected chi connectivity index (χ2v) is 4.48. The summed E-state index contributed by atoms with van der Waals surface area (Å²) in [5.41, 5.74) is 0.200. The molecule has 0 aromatic heterocycles. The molecule has 0 radical (unpaired) electrons. The molecule has 0 heterocycles. The summed E-state index contributed by atoms with van der Waals surface area (Å²) in [7, 11) is 2.89. The topological polar surface area (TPSA) is 78.9 Å². The van der Waals surface area contributed by atoms with Gasteiger partial charge in [0.05, 0.1) is 32.3 Å². The van der Waals surface area contributed by atoms with Gasteiger partial charge in [-0.2, -0.15) is 0 Å². The van der Waals surface area contributed by atoms with Crippen molar-refractivity contribution in [2.45, 2.75) is 20.3 Å². The third kappa shape index (κ3) is 3.84. The number of ketones is 2. The molecule has 0 amide bonds. The number of Topliss-reactive ketones (excluding diaryl/α,β-unsaturated/α-hetero) is 2. The molecule has 0 fully saturated rings. The van der Waals surface area contributed by atoms with E-state index in [1.165, 1.54) is 20.3 Å². The van der Waals surface area contributed by atoms with Crippen LogP contribution in [-0.4, -0.2) is 38.4 Å². The van der Waals surface area contributed by atoms with E-state index in [0.29, 0.717) is 11.5 Å². The number of benzene rings is 1. The van der Waals surface area contributed by atoms with Crippen LogP contribution < -0.4 is 9.47 Å². The highest BCUT2D eigenvalue weighted by molar-refractivity contribution is 6.39. The predicted octanol–water partition coefficient (Wildman–Crippen LogP) is 2.04. The minimum atomic E-state index is -1.10. The van der Waals surface area contributed by atoms with Crippen LogP contribution >= 0.6 is 0 Å². The molecule has 6 nitrogen and oxygen atoms in total. The molecule has 0 N–H and O–H groups in total. The first-order valence-corrected chi connectivity index (χ1v) is 6.97. The lowest BCUT2D eigenvalue weighted by Gasteiger charge is -2.15. The Labute approximate surface area is 129 Å². The van der Waals surface area contributed by atoms with Crippen molar-refractivity contribution in [3.63, 3.8) is 0 Å². The van der Waals surface area contributed by atoms with E-state index in [-0.39, 0.29) is 18.6 Å². The molecule has 1 aromatic carbocycles. The van der Waals surface area contributed by atoms with Gasteiger partial charge in [-0.1, -0.05) is 6.92 Å². The minimum absolute atomic E-state index is 0.0810. The normalized spacial score (nSPS) is 11.5. The lowest BCUT2D eigenvalue weighted by atomic mass is 9.90. The van der Waals surface area contributed by atoms with Crippen LogP contribution in [0.15, 0.2) is 18.2 Å². The zero-order chi connectivity index (χ0) is 16.7. The van der Waals surface area contributed by atoms with Gasteiger partial charge in [0.2, 0.25) is 0 Å². The van der Waals surface area contributed by atoms with Gasteiger partial charge in [-0.05, 0) is 31.5 Å². The van der Waals surface area contributed by atoms with Gasteiger partial charge in [0.1, 0.15) is 11.5 Å². The second-order valence-electron chi connectivity index (χ2n) is 4.48. The van der Waals surface area contributed by atoms with E-state index in [2.05, 4.69) is 4.74 Å². The molecule has 0 aliphatic rings. The molecule has 1 aromatic rings. The Bertz CT molecular complexity index is 564. The Kier molecular flexibility index (Phi) is 6.56. The first kappa shape index (κ1) is 17.7. The predicted molar refractivity (Wildman–Crippen MR) is 79.3 cm³/mol. The van der Waals surface area contributed by atoms with Crippen molar-refractivity contribution < 1.29 is 28.6 Å². The van der Waals surface area contributed by atoms with E-state index < -0.39 is 23.5 Å². The van der Waals surface area contributed by atoms with Crippen LogP contribution in [0.5, 0.6) is 11.5 Å². The van der Waals surface area contributed by atoms with Crippen LogP contribution in [0, 0.1) is 5.92 Å². The highest BCUT2D eigenvalue weighted by atomic mass is 16.5. The monoisotopic (exact) mass is 308 g/mol. The zero-order valence-corrected chi connectivity index (χ0v) is 13.2. The number of carbonyl (C=O) groups excluding carboxylic acids is 3. The van der Waals surface area contributed by atoms with Crippen LogP contribution in [0.2, 0.25) is 0 Å². The van der Waals surface area contributed by atoms with Gasteiger partial charge < -0.3 is 14.2 Å². The maximum Gasteiger partial charge on any atom is 0.375 e. The average molecular weight is 308 g/mol. The zero-order valence-electron chi connectivity index (χ0n) is 13.2. The number of rotatable bonds is 8. The van der Waals surface area contributed by atoms with E-state index in [1.54, 1.807) is 26.0 Å². The van der Waals surface area contributed by atoms with E-state index in [1.807, 2.05) is 0 Å². The SMILES string of the molecule is CCOC(=O)C(=O)C(CC)C(=O)c1cc(OC)ccc1OC. The van der Waals surface area contributed by atoms with Gasteiger partial charge in [0.25, 0.3) is 5.78 Å². The third-order valence-electron chi connectivity index (χ3n) is 3.19. The van der Waals surface area contributed by atoms with Gasteiger partial charge >= 0.3 is 5.97 Å². The third-order valence-corrected chi connectivity index (χ3v) is 3.19. The number of methoxy groups -OCH3 is 2. The van der Waals surface area contributed by atoms with E-state index in [4.69, 9.17) is 9.47 Å². The molecule has 0 aliphatic carbocycles. The number of carbonyl (C=O) groups is 3. The van der Waals surface area contributed by atoms with Crippen LogP contribution in [0.3, 0.4) is 0 Å². The molecule has 0 aliphatic heterocycles. The maximum atomic E-state index is 12.6. The Morgan fingerprint density at radius 3 is 2.27 bits per heavy atom. The van der Waals surface area contributed by atoms with Gasteiger partial charge in [-0.3, -0.25) is 9.59 Å². The molecule has 1 unspecified atom stereocenters. The van der Waals surface area contributed by atoms with Crippen molar-refractivity contribution in [2.24, 2.45) is 5.92 Å². The van der Waals surface area contributed by atoms with Gasteiger partial charge in [-0.25, -0.2) is 4.79 Å². The molecule has 0 bridgehead atoms. The number of esters is 1. The van der Waals surface area contributed by atoms with Crippen molar-refractivity contribution in [3.8, 4) is 11.5 Å². The Hall–Kier alpha value is -2.37. The highest BCUT2D eigenvalue weighted by Crippen LogP contribution is 2.27. The summed E-state index contributed by atoms with van der Waals surface area (Å²) in [6.07, 6.45) is 0.191. The first-order chi connectivity index (χ1) is 10.5. The summed E-state index contributed by atoms with van der Waals surface area (Å²) in [6.45, 7) is 3.34. The average Bonchev–Trinajstić information content (AvgIpc) is 2.54. The van der Waals surface area contributed by atoms with Gasteiger partial charge in [-0.15, -0.1) is 0 Å². The standard InChI is InChI=1S/C16H20O6/c1-5-11(15(18)16(19)22-6-2)14(17)12-9-10(20-3)7-8-13(12)21-4/h7-9,11H,5-6H2,1-4H3. The summed E-state index contributed by atoms with van der Waals surface area (Å²) in [4.78, 5) is 36.3. The van der Waals surface area contributed by atoms with Crippen molar-refractivity contribution in [1.29, 1.82) is 0 Å². The Morgan fingerprint density at radius 1 is 1.09 bits per heavy atom. The van der Waals surface area contributed by atoms with Gasteiger partial charge in [0, 0.05) is 0 Å². The number of ether oxygens (including phenoxy) is 3. The van der Waals surface area contributed by atoms with Crippen molar-refractivity contribution in [1.82, 2.24) is 0 Å².